The van der Waals surface area contributed by atoms with Crippen LogP contribution in [0.3, 0.4) is 0 Å². The van der Waals surface area contributed by atoms with E-state index in [2.05, 4.69) is 15.2 Å². The summed E-state index contributed by atoms with van der Waals surface area (Å²) < 4.78 is 21.2. The molecule has 4 aromatic rings. The highest BCUT2D eigenvalue weighted by atomic mass is 19.1. The number of rotatable bonds is 3. The highest BCUT2D eigenvalue weighted by molar-refractivity contribution is 5.81. The Morgan fingerprint density at radius 3 is 2.39 bits per heavy atom. The summed E-state index contributed by atoms with van der Waals surface area (Å²) in [5, 5.41) is 3.61. The molecule has 2 bridgehead atoms. The Kier molecular flexibility index (Phi) is 4.40. The molecule has 2 saturated heterocycles. The third-order valence-corrected chi connectivity index (χ3v) is 5.83. The Bertz CT molecular complexity index is 1210. The van der Waals surface area contributed by atoms with Crippen LogP contribution in [0.1, 0.15) is 0 Å². The quantitative estimate of drug-likeness (QED) is 0.554. The Morgan fingerprint density at radius 1 is 0.903 bits per heavy atom. The summed E-state index contributed by atoms with van der Waals surface area (Å²) in [4.78, 5) is 16.3. The minimum Gasteiger partial charge on any atom is -0.378 e. The minimum atomic E-state index is -0.274. The number of aromatic nitrogens is 4. The number of imidazole rings is 1. The standard InChI is InChI=1S/C23H21FN6O/c24-16-3-1-15(2-4-16)22-27-20-5-6-21(29-11-17-13-31-14-18(12-29)26-17)28-23(20)30(22)19-7-9-25-10-8-19/h1-10,17-18,26H,11-14H2. The normalized spacial score (nSPS) is 20.9. The van der Waals surface area contributed by atoms with E-state index in [-0.39, 0.29) is 5.82 Å². The van der Waals surface area contributed by atoms with Crippen molar-refractivity contribution in [3.05, 3.63) is 66.7 Å². The lowest BCUT2D eigenvalue weighted by Gasteiger charge is -2.42. The van der Waals surface area contributed by atoms with Gasteiger partial charge in [-0.3, -0.25) is 9.55 Å². The van der Waals surface area contributed by atoms with E-state index < -0.39 is 0 Å². The molecule has 2 aliphatic rings. The second-order valence-corrected chi connectivity index (χ2v) is 8.00. The molecule has 1 aromatic carbocycles. The summed E-state index contributed by atoms with van der Waals surface area (Å²) in [7, 11) is 0. The number of hydrogen-bond donors (Lipinski definition) is 1. The van der Waals surface area contributed by atoms with Gasteiger partial charge in [-0.2, -0.15) is 0 Å². The smallest absolute Gasteiger partial charge is 0.167 e. The lowest BCUT2D eigenvalue weighted by Crippen LogP contribution is -2.63. The van der Waals surface area contributed by atoms with Crippen molar-refractivity contribution in [2.75, 3.05) is 31.2 Å². The maximum atomic E-state index is 13.5. The number of morpholine rings is 1. The van der Waals surface area contributed by atoms with Crippen LogP contribution in [0.5, 0.6) is 0 Å². The van der Waals surface area contributed by atoms with Crippen LogP contribution in [-0.2, 0) is 4.74 Å². The van der Waals surface area contributed by atoms with Gasteiger partial charge in [0.2, 0.25) is 0 Å². The SMILES string of the molecule is Fc1ccc(-c2nc3ccc(N4CC5COCC(C4)N5)nc3n2-c2ccncc2)cc1. The third kappa shape index (κ3) is 3.34. The first-order chi connectivity index (χ1) is 15.2. The molecule has 0 aliphatic carbocycles. The van der Waals surface area contributed by atoms with Crippen LogP contribution >= 0.6 is 0 Å². The maximum Gasteiger partial charge on any atom is 0.167 e. The van der Waals surface area contributed by atoms with Crippen molar-refractivity contribution in [3.63, 3.8) is 0 Å². The lowest BCUT2D eigenvalue weighted by molar-refractivity contribution is 0.0374. The zero-order valence-electron chi connectivity index (χ0n) is 16.8. The van der Waals surface area contributed by atoms with Crippen molar-refractivity contribution in [1.29, 1.82) is 0 Å². The fraction of sp³-hybridized carbons (Fsp3) is 0.261. The monoisotopic (exact) mass is 416 g/mol. The molecule has 156 valence electrons. The van der Waals surface area contributed by atoms with Gasteiger partial charge in [0.15, 0.2) is 5.65 Å². The van der Waals surface area contributed by atoms with Gasteiger partial charge < -0.3 is 15.0 Å². The summed E-state index contributed by atoms with van der Waals surface area (Å²) in [6, 6.07) is 14.9. The number of ether oxygens (including phenoxy) is 1. The zero-order valence-corrected chi connectivity index (χ0v) is 16.8. The van der Waals surface area contributed by atoms with Gasteiger partial charge in [-0.1, -0.05) is 0 Å². The van der Waals surface area contributed by atoms with E-state index in [1.807, 2.05) is 28.8 Å². The van der Waals surface area contributed by atoms with E-state index in [0.717, 1.165) is 60.4 Å². The molecule has 1 N–H and O–H groups in total. The van der Waals surface area contributed by atoms with E-state index in [1.165, 1.54) is 12.1 Å². The Labute approximate surface area is 178 Å². The number of pyridine rings is 2. The number of halogens is 1. The maximum absolute atomic E-state index is 13.5. The number of hydrogen-bond acceptors (Lipinski definition) is 6. The summed E-state index contributed by atoms with van der Waals surface area (Å²) >= 11 is 0. The molecule has 2 aliphatic heterocycles. The molecule has 6 rings (SSSR count). The Hall–Kier alpha value is -3.36. The molecule has 8 heteroatoms. The molecule has 0 saturated carbocycles. The molecule has 31 heavy (non-hydrogen) atoms. The second kappa shape index (κ2) is 7.40. The summed E-state index contributed by atoms with van der Waals surface area (Å²) in [5.74, 6) is 1.37. The van der Waals surface area contributed by atoms with Gasteiger partial charge in [-0.25, -0.2) is 14.4 Å². The average molecular weight is 416 g/mol. The largest absolute Gasteiger partial charge is 0.378 e. The van der Waals surface area contributed by atoms with Gasteiger partial charge in [-0.15, -0.1) is 0 Å². The molecule has 3 aromatic heterocycles. The third-order valence-electron chi connectivity index (χ3n) is 5.83. The first-order valence-electron chi connectivity index (χ1n) is 10.4. The van der Waals surface area contributed by atoms with Gasteiger partial charge in [-0.05, 0) is 48.5 Å². The molecule has 0 amide bonds. The highest BCUT2D eigenvalue weighted by Gasteiger charge is 2.31. The first kappa shape index (κ1) is 18.4. The molecule has 0 spiro atoms. The number of fused-ring (bicyclic) bond motifs is 3. The van der Waals surface area contributed by atoms with Crippen LogP contribution in [0.2, 0.25) is 0 Å². The predicted octanol–water partition coefficient (Wildman–Crippen LogP) is 2.80. The van der Waals surface area contributed by atoms with Crippen molar-refractivity contribution >= 4 is 17.0 Å². The van der Waals surface area contributed by atoms with Crippen LogP contribution in [0.25, 0.3) is 28.2 Å². The summed E-state index contributed by atoms with van der Waals surface area (Å²) in [5.41, 5.74) is 3.29. The second-order valence-electron chi connectivity index (χ2n) is 8.00. The lowest BCUT2D eigenvalue weighted by atomic mass is 10.1. The number of nitrogens with one attached hydrogen (secondary N) is 1. The van der Waals surface area contributed by atoms with E-state index in [1.54, 1.807) is 24.5 Å². The van der Waals surface area contributed by atoms with E-state index in [0.29, 0.717) is 12.1 Å². The summed E-state index contributed by atoms with van der Waals surface area (Å²) in [6.45, 7) is 3.14. The highest BCUT2D eigenvalue weighted by Crippen LogP contribution is 2.29. The average Bonchev–Trinajstić information content (AvgIpc) is 3.18. The van der Waals surface area contributed by atoms with Gasteiger partial charge >= 0.3 is 0 Å². The number of benzene rings is 1. The van der Waals surface area contributed by atoms with E-state index >= 15 is 0 Å². The van der Waals surface area contributed by atoms with Crippen molar-refractivity contribution in [2.45, 2.75) is 12.1 Å². The Morgan fingerprint density at radius 2 is 1.65 bits per heavy atom. The first-order valence-corrected chi connectivity index (χ1v) is 10.4. The molecule has 5 heterocycles. The summed E-state index contributed by atoms with van der Waals surface area (Å²) in [6.07, 6.45) is 3.49. The van der Waals surface area contributed by atoms with Crippen molar-refractivity contribution in [2.24, 2.45) is 0 Å². The number of nitrogens with zero attached hydrogens (tertiary/aromatic N) is 5. The van der Waals surface area contributed by atoms with Gasteiger partial charge in [0.1, 0.15) is 23.0 Å². The van der Waals surface area contributed by atoms with E-state index in [4.69, 9.17) is 14.7 Å². The van der Waals surface area contributed by atoms with Gasteiger partial charge in [0, 0.05) is 43.1 Å². The molecule has 0 radical (unpaired) electrons. The topological polar surface area (TPSA) is 68.1 Å². The molecule has 2 fully saturated rings. The molecule has 2 unspecified atom stereocenters. The number of anilines is 1. The molecule has 2 atom stereocenters. The predicted molar refractivity (Wildman–Crippen MR) is 116 cm³/mol. The van der Waals surface area contributed by atoms with Gasteiger partial charge in [0.25, 0.3) is 0 Å². The Balaban J connectivity index is 1.49. The molecule has 7 nitrogen and oxygen atoms in total. The zero-order chi connectivity index (χ0) is 20.8. The van der Waals surface area contributed by atoms with Crippen molar-refractivity contribution < 1.29 is 9.13 Å². The molecular weight excluding hydrogens is 395 g/mol. The fourth-order valence-corrected chi connectivity index (χ4v) is 4.44. The fourth-order valence-electron chi connectivity index (χ4n) is 4.44. The van der Waals surface area contributed by atoms with Crippen molar-refractivity contribution in [1.82, 2.24) is 24.8 Å². The van der Waals surface area contributed by atoms with Crippen LogP contribution in [0.15, 0.2) is 60.9 Å². The van der Waals surface area contributed by atoms with E-state index in [9.17, 15) is 4.39 Å². The van der Waals surface area contributed by atoms with Crippen LogP contribution in [0, 0.1) is 5.82 Å². The van der Waals surface area contributed by atoms with Crippen molar-refractivity contribution in [3.8, 4) is 17.1 Å². The van der Waals surface area contributed by atoms with Crippen LogP contribution in [0.4, 0.5) is 10.2 Å². The van der Waals surface area contributed by atoms with Crippen LogP contribution < -0.4 is 10.2 Å². The van der Waals surface area contributed by atoms with Gasteiger partial charge in [0.05, 0.1) is 18.9 Å². The van der Waals surface area contributed by atoms with Crippen LogP contribution in [-0.4, -0.2) is 57.9 Å². The number of piperazine rings is 1. The molecular formula is C23H21FN6O. The minimum absolute atomic E-state index is 0.274.